The number of nitrogens with zero attached hydrogens (tertiary/aromatic N) is 1. The van der Waals surface area contributed by atoms with Crippen LogP contribution in [0.4, 0.5) is 4.79 Å². The van der Waals surface area contributed by atoms with Crippen LogP contribution >= 0.6 is 0 Å². The lowest BCUT2D eigenvalue weighted by molar-refractivity contribution is -0.128. The van der Waals surface area contributed by atoms with Crippen molar-refractivity contribution >= 4 is 11.9 Å². The molecule has 2 aliphatic heterocycles. The molecule has 0 saturated carbocycles. The Morgan fingerprint density at radius 3 is 2.55 bits per heavy atom. The van der Waals surface area contributed by atoms with Crippen molar-refractivity contribution in [3.05, 3.63) is 35.9 Å². The minimum Gasteiger partial charge on any atom is -0.323 e. The molecule has 3 amide bonds. The average Bonchev–Trinajstić information content (AvgIpc) is 2.71. The third-order valence-electron chi connectivity index (χ3n) is 4.60. The number of imide groups is 1. The molecule has 0 radical (unpaired) electrons. The largest absolute Gasteiger partial charge is 0.323 e. The number of amides is 3. The zero-order valence-electron chi connectivity index (χ0n) is 11.7. The van der Waals surface area contributed by atoms with Crippen LogP contribution in [-0.2, 0) is 4.79 Å². The van der Waals surface area contributed by atoms with E-state index < -0.39 is 5.54 Å². The monoisotopic (exact) mass is 273 g/mol. The van der Waals surface area contributed by atoms with Crippen molar-refractivity contribution in [3.8, 4) is 0 Å². The van der Waals surface area contributed by atoms with E-state index in [1.807, 2.05) is 25.1 Å². The van der Waals surface area contributed by atoms with E-state index in [-0.39, 0.29) is 23.9 Å². The van der Waals surface area contributed by atoms with Crippen LogP contribution in [-0.4, -0.2) is 36.0 Å². The summed E-state index contributed by atoms with van der Waals surface area (Å²) in [5.74, 6) is -0.108. The fourth-order valence-corrected chi connectivity index (χ4v) is 3.42. The zero-order valence-corrected chi connectivity index (χ0v) is 11.7. The summed E-state index contributed by atoms with van der Waals surface area (Å²) in [5.41, 5.74) is 0.402. The highest BCUT2D eigenvalue weighted by atomic mass is 16.2. The number of piperidine rings is 1. The van der Waals surface area contributed by atoms with Gasteiger partial charge in [0.25, 0.3) is 5.91 Å². The Morgan fingerprint density at radius 1 is 1.25 bits per heavy atom. The number of hydrogen-bond acceptors (Lipinski definition) is 3. The normalized spacial score (nSPS) is 34.1. The van der Waals surface area contributed by atoms with Crippen molar-refractivity contribution in [2.45, 2.75) is 24.9 Å². The molecule has 2 N–H and O–H groups in total. The predicted molar refractivity (Wildman–Crippen MR) is 75.0 cm³/mol. The maximum atomic E-state index is 12.2. The molecule has 5 heteroatoms. The fraction of sp³-hybridized carbons (Fsp3) is 0.467. The summed E-state index contributed by atoms with van der Waals surface area (Å²) in [6.07, 6.45) is 0.603. The van der Waals surface area contributed by atoms with Gasteiger partial charge in [0.2, 0.25) is 0 Å². The smallest absolute Gasteiger partial charge is 0.322 e. The maximum absolute atomic E-state index is 12.2. The van der Waals surface area contributed by atoms with Crippen LogP contribution in [0.5, 0.6) is 0 Å². The van der Waals surface area contributed by atoms with Gasteiger partial charge in [-0.05, 0) is 19.0 Å². The number of likely N-dealkylation sites (tertiary alicyclic amines) is 1. The molecule has 3 atom stereocenters. The summed E-state index contributed by atoms with van der Waals surface area (Å²) in [5, 5.41) is 5.25. The minimum absolute atomic E-state index is 0.0823. The lowest BCUT2D eigenvalue weighted by atomic mass is 9.74. The van der Waals surface area contributed by atoms with Crippen LogP contribution in [0.25, 0.3) is 0 Å². The van der Waals surface area contributed by atoms with Gasteiger partial charge in [0.1, 0.15) is 5.54 Å². The molecule has 3 rings (SSSR count). The number of urea groups is 1. The lowest BCUT2D eigenvalue weighted by Gasteiger charge is -2.46. The summed E-state index contributed by atoms with van der Waals surface area (Å²) in [6, 6.07) is 9.88. The van der Waals surface area contributed by atoms with Crippen LogP contribution in [0, 0.1) is 5.92 Å². The topological polar surface area (TPSA) is 61.4 Å². The molecular formula is C15H19N3O2. The lowest BCUT2D eigenvalue weighted by Crippen LogP contribution is -2.60. The molecule has 2 aliphatic rings. The molecule has 5 nitrogen and oxygen atoms in total. The molecule has 1 spiro atoms. The molecule has 0 aliphatic carbocycles. The van der Waals surface area contributed by atoms with Gasteiger partial charge >= 0.3 is 6.03 Å². The zero-order chi connectivity index (χ0) is 14.3. The summed E-state index contributed by atoms with van der Waals surface area (Å²) < 4.78 is 0. The first-order chi connectivity index (χ1) is 9.53. The number of rotatable bonds is 1. The Balaban J connectivity index is 1.95. The fourth-order valence-electron chi connectivity index (χ4n) is 3.42. The van der Waals surface area contributed by atoms with Crippen molar-refractivity contribution < 1.29 is 9.59 Å². The van der Waals surface area contributed by atoms with Gasteiger partial charge in [0.05, 0.1) is 0 Å². The third kappa shape index (κ3) is 1.89. The molecule has 1 aromatic rings. The predicted octanol–water partition coefficient (Wildman–Crippen LogP) is 1.28. The second-order valence-electron chi connectivity index (χ2n) is 5.85. The van der Waals surface area contributed by atoms with Gasteiger partial charge in [-0.2, -0.15) is 0 Å². The molecule has 0 aromatic heterocycles. The number of carbonyl (C=O) groups excluding carboxylic acids is 2. The minimum atomic E-state index is -0.774. The van der Waals surface area contributed by atoms with Gasteiger partial charge in [0, 0.05) is 18.5 Å². The first-order valence-corrected chi connectivity index (χ1v) is 6.92. The number of nitrogens with one attached hydrogen (secondary N) is 2. The standard InChI is InChI=1S/C15H19N3O2/c1-10-9-18(2)12(11-6-4-3-5-7-11)8-15(10)13(19)16-14(20)17-15/h3-7,10,12H,8-9H2,1-2H3,(H2,16,17,19,20)/t10-,12+,15-/m1/s1. The first-order valence-electron chi connectivity index (χ1n) is 6.92. The van der Waals surface area contributed by atoms with Crippen molar-refractivity contribution in [2.75, 3.05) is 13.6 Å². The molecule has 2 saturated heterocycles. The highest BCUT2D eigenvalue weighted by molar-refractivity contribution is 6.07. The van der Waals surface area contributed by atoms with Crippen LogP contribution in [0.2, 0.25) is 0 Å². The highest BCUT2D eigenvalue weighted by Gasteiger charge is 2.54. The van der Waals surface area contributed by atoms with Crippen molar-refractivity contribution in [1.29, 1.82) is 0 Å². The van der Waals surface area contributed by atoms with Crippen molar-refractivity contribution in [3.63, 3.8) is 0 Å². The van der Waals surface area contributed by atoms with Crippen molar-refractivity contribution in [1.82, 2.24) is 15.5 Å². The van der Waals surface area contributed by atoms with E-state index in [1.54, 1.807) is 0 Å². The van der Waals surface area contributed by atoms with Crippen LogP contribution < -0.4 is 10.6 Å². The quantitative estimate of drug-likeness (QED) is 0.758. The van der Waals surface area contributed by atoms with E-state index in [9.17, 15) is 9.59 Å². The van der Waals surface area contributed by atoms with Gasteiger partial charge < -0.3 is 5.32 Å². The van der Waals surface area contributed by atoms with Gasteiger partial charge in [0.15, 0.2) is 0 Å². The highest BCUT2D eigenvalue weighted by Crippen LogP contribution is 2.40. The van der Waals surface area contributed by atoms with Gasteiger partial charge in [-0.15, -0.1) is 0 Å². The molecule has 1 aromatic carbocycles. The van der Waals surface area contributed by atoms with E-state index in [0.717, 1.165) is 6.54 Å². The van der Waals surface area contributed by atoms with Gasteiger partial charge in [-0.1, -0.05) is 37.3 Å². The van der Waals surface area contributed by atoms with E-state index in [1.165, 1.54) is 5.56 Å². The first kappa shape index (κ1) is 13.1. The van der Waals surface area contributed by atoms with Crippen LogP contribution in [0.15, 0.2) is 30.3 Å². The average molecular weight is 273 g/mol. The van der Waals surface area contributed by atoms with Crippen molar-refractivity contribution in [2.24, 2.45) is 5.92 Å². The molecule has 106 valence electrons. The van der Waals surface area contributed by atoms with E-state index in [4.69, 9.17) is 0 Å². The van der Waals surface area contributed by atoms with Crippen LogP contribution in [0.3, 0.4) is 0 Å². The maximum Gasteiger partial charge on any atom is 0.322 e. The van der Waals surface area contributed by atoms with Crippen LogP contribution in [0.1, 0.15) is 24.9 Å². The molecular weight excluding hydrogens is 254 g/mol. The number of benzene rings is 1. The molecule has 0 unspecified atom stereocenters. The van der Waals surface area contributed by atoms with E-state index in [0.29, 0.717) is 6.42 Å². The Labute approximate surface area is 118 Å². The second-order valence-corrected chi connectivity index (χ2v) is 5.85. The summed E-state index contributed by atoms with van der Waals surface area (Å²) >= 11 is 0. The number of carbonyl (C=O) groups is 2. The Morgan fingerprint density at radius 2 is 1.95 bits per heavy atom. The molecule has 2 heterocycles. The van der Waals surface area contributed by atoms with E-state index in [2.05, 4.69) is 34.7 Å². The molecule has 0 bridgehead atoms. The van der Waals surface area contributed by atoms with Gasteiger partial charge in [-0.3, -0.25) is 15.0 Å². The SMILES string of the molecule is C[C@@H]1CN(C)[C@H](c2ccccc2)C[C@@]12NC(=O)NC2=O. The molecule has 2 fully saturated rings. The summed E-state index contributed by atoms with van der Waals surface area (Å²) in [4.78, 5) is 26.0. The van der Waals surface area contributed by atoms with Gasteiger partial charge in [-0.25, -0.2) is 4.79 Å². The Hall–Kier alpha value is -1.88. The number of hydrogen-bond donors (Lipinski definition) is 2. The molecule has 20 heavy (non-hydrogen) atoms. The van der Waals surface area contributed by atoms with E-state index >= 15 is 0 Å². The summed E-state index contributed by atoms with van der Waals surface area (Å²) in [6.45, 7) is 2.79. The second kappa shape index (κ2) is 4.59. The summed E-state index contributed by atoms with van der Waals surface area (Å²) in [7, 11) is 2.07. The Kier molecular flexibility index (Phi) is 3.01. The third-order valence-corrected chi connectivity index (χ3v) is 4.60. The Bertz CT molecular complexity index is 545.